The van der Waals surface area contributed by atoms with Gasteiger partial charge in [-0.3, -0.25) is 9.59 Å². The molecule has 2 saturated heterocycles. The highest BCUT2D eigenvalue weighted by Crippen LogP contribution is 2.77. The van der Waals surface area contributed by atoms with Crippen LogP contribution in [0.4, 0.5) is 0 Å². The van der Waals surface area contributed by atoms with Gasteiger partial charge in [-0.05, 0) is 47.5 Å². The monoisotopic (exact) mass is 492 g/mol. The number of hydrogen-bond acceptors (Lipinski definition) is 10. The number of aliphatic hydroxyl groups excluding tert-OH is 1. The minimum atomic E-state index is -1.24. The Morgan fingerprint density at radius 3 is 2.54 bits per heavy atom. The van der Waals surface area contributed by atoms with Crippen molar-refractivity contribution in [1.82, 2.24) is 0 Å². The molecular weight excluding hydrogens is 460 g/mol. The second-order valence-electron chi connectivity index (χ2n) is 12.1. The summed E-state index contributed by atoms with van der Waals surface area (Å²) < 4.78 is 28.8. The number of epoxide rings is 1. The van der Waals surface area contributed by atoms with Gasteiger partial charge in [0, 0.05) is 28.7 Å². The second-order valence-corrected chi connectivity index (χ2v) is 12.1. The van der Waals surface area contributed by atoms with Crippen LogP contribution in [0.5, 0.6) is 0 Å². The first kappa shape index (κ1) is 23.2. The predicted octanol–water partition coefficient (Wildman–Crippen LogP) is 0.969. The normalized spacial score (nSPS) is 50.6. The van der Waals surface area contributed by atoms with Crippen molar-refractivity contribution in [3.63, 3.8) is 0 Å². The Morgan fingerprint density at radius 2 is 1.91 bits per heavy atom. The molecule has 192 valence electrons. The number of esters is 3. The van der Waals surface area contributed by atoms with Crippen LogP contribution in [0.25, 0.3) is 0 Å². The van der Waals surface area contributed by atoms with E-state index in [-0.39, 0.29) is 18.4 Å². The number of fused-ring (bicyclic) bond motifs is 2. The van der Waals surface area contributed by atoms with Gasteiger partial charge in [0.15, 0.2) is 11.7 Å². The van der Waals surface area contributed by atoms with Crippen molar-refractivity contribution in [1.29, 1.82) is 0 Å². The molecule has 4 bridgehead atoms. The molecule has 11 atom stereocenters. The molecule has 0 aromatic heterocycles. The topological polar surface area (TPSA) is 141 Å². The Labute approximate surface area is 202 Å². The van der Waals surface area contributed by atoms with Gasteiger partial charge >= 0.3 is 17.9 Å². The fourth-order valence-corrected chi connectivity index (χ4v) is 7.81. The quantitative estimate of drug-likeness (QED) is 0.324. The standard InChI is InChI=1S/C25H32O10/c1-10-24(5,35-10)21(29)34-16-12-7-25-11-6-14(26)18(25)23(12,4)20(28)33-17(16)13(25)9-31-19(11)32-15(27)8-22(2,3)30/h9-12,14,16-19,26,30H,6-8H2,1-5H3. The first-order valence-corrected chi connectivity index (χ1v) is 12.3. The molecule has 2 N–H and O–H groups in total. The Morgan fingerprint density at radius 1 is 1.23 bits per heavy atom. The first-order chi connectivity index (χ1) is 16.2. The number of hydrogen-bond donors (Lipinski definition) is 2. The lowest BCUT2D eigenvalue weighted by atomic mass is 9.61. The summed E-state index contributed by atoms with van der Waals surface area (Å²) in [7, 11) is 0. The van der Waals surface area contributed by atoms with Crippen molar-refractivity contribution in [2.45, 2.75) is 95.8 Å². The van der Waals surface area contributed by atoms with Crippen molar-refractivity contribution in [3.05, 3.63) is 11.8 Å². The molecule has 6 rings (SSSR count). The number of carbonyl (C=O) groups is 3. The van der Waals surface area contributed by atoms with Crippen LogP contribution in [-0.4, -0.2) is 70.0 Å². The average molecular weight is 493 g/mol. The molecule has 3 aliphatic carbocycles. The summed E-state index contributed by atoms with van der Waals surface area (Å²) in [5.41, 5.74) is -3.37. The minimum Gasteiger partial charge on any atom is -0.462 e. The summed E-state index contributed by atoms with van der Waals surface area (Å²) in [5, 5.41) is 21.3. The molecule has 3 aliphatic heterocycles. The molecule has 5 fully saturated rings. The lowest BCUT2D eigenvalue weighted by molar-refractivity contribution is -0.214. The Hall–Kier alpha value is -2.17. The number of carbonyl (C=O) groups excluding carboxylic acids is 3. The molecule has 6 aliphatic rings. The van der Waals surface area contributed by atoms with E-state index in [1.807, 2.05) is 0 Å². The van der Waals surface area contributed by atoms with Gasteiger partial charge in [0.25, 0.3) is 0 Å². The Balaban J connectivity index is 1.37. The van der Waals surface area contributed by atoms with Gasteiger partial charge in [0.05, 0.1) is 35.9 Å². The van der Waals surface area contributed by atoms with Gasteiger partial charge in [-0.1, -0.05) is 0 Å². The van der Waals surface area contributed by atoms with Crippen molar-refractivity contribution in [3.8, 4) is 0 Å². The zero-order valence-electron chi connectivity index (χ0n) is 20.5. The van der Waals surface area contributed by atoms with Gasteiger partial charge in [0.2, 0.25) is 6.29 Å². The maximum absolute atomic E-state index is 13.3. The molecular formula is C25H32O10. The highest BCUT2D eigenvalue weighted by atomic mass is 16.7. The largest absolute Gasteiger partial charge is 0.462 e. The lowest BCUT2D eigenvalue weighted by Gasteiger charge is -2.51. The number of aliphatic hydroxyl groups is 2. The molecule has 1 spiro atoms. The van der Waals surface area contributed by atoms with E-state index >= 15 is 0 Å². The zero-order chi connectivity index (χ0) is 25.3. The highest BCUT2D eigenvalue weighted by Gasteiger charge is 2.82. The Kier molecular flexibility index (Phi) is 4.50. The summed E-state index contributed by atoms with van der Waals surface area (Å²) in [6, 6.07) is 0. The van der Waals surface area contributed by atoms with E-state index in [1.54, 1.807) is 20.8 Å². The molecule has 11 unspecified atom stereocenters. The third kappa shape index (κ3) is 2.84. The van der Waals surface area contributed by atoms with Crippen LogP contribution in [0.2, 0.25) is 0 Å². The van der Waals surface area contributed by atoms with E-state index in [0.29, 0.717) is 18.4 Å². The molecule has 0 aromatic carbocycles. The van der Waals surface area contributed by atoms with Crippen LogP contribution in [0.15, 0.2) is 11.8 Å². The van der Waals surface area contributed by atoms with Gasteiger partial charge in [0.1, 0.15) is 6.10 Å². The van der Waals surface area contributed by atoms with E-state index in [1.165, 1.54) is 20.1 Å². The molecule has 35 heavy (non-hydrogen) atoms. The van der Waals surface area contributed by atoms with Crippen molar-refractivity contribution < 1.29 is 48.3 Å². The van der Waals surface area contributed by atoms with Gasteiger partial charge in [-0.25, -0.2) is 4.79 Å². The third-order valence-corrected chi connectivity index (χ3v) is 9.55. The van der Waals surface area contributed by atoms with E-state index in [2.05, 4.69) is 0 Å². The number of rotatable bonds is 5. The Bertz CT molecular complexity index is 1050. The van der Waals surface area contributed by atoms with Gasteiger partial charge in [-0.15, -0.1) is 0 Å². The van der Waals surface area contributed by atoms with E-state index < -0.39 is 76.4 Å². The predicted molar refractivity (Wildman–Crippen MR) is 115 cm³/mol. The van der Waals surface area contributed by atoms with Crippen LogP contribution >= 0.6 is 0 Å². The second kappa shape index (κ2) is 6.77. The zero-order valence-corrected chi connectivity index (χ0v) is 20.5. The molecule has 0 radical (unpaired) electrons. The van der Waals surface area contributed by atoms with Crippen LogP contribution in [0, 0.1) is 28.6 Å². The fraction of sp³-hybridized carbons (Fsp3) is 0.800. The molecule has 10 heteroatoms. The van der Waals surface area contributed by atoms with Crippen molar-refractivity contribution in [2.24, 2.45) is 28.6 Å². The fourth-order valence-electron chi connectivity index (χ4n) is 7.81. The molecule has 3 heterocycles. The molecule has 3 saturated carbocycles. The maximum atomic E-state index is 13.3. The average Bonchev–Trinajstić information content (AvgIpc) is 3.15. The summed E-state index contributed by atoms with van der Waals surface area (Å²) in [5.74, 6) is -2.81. The summed E-state index contributed by atoms with van der Waals surface area (Å²) in [6.45, 7) is 8.29. The molecule has 0 amide bonds. The van der Waals surface area contributed by atoms with E-state index in [0.717, 1.165) is 0 Å². The smallest absolute Gasteiger partial charge is 0.341 e. The third-order valence-electron chi connectivity index (χ3n) is 9.55. The summed E-state index contributed by atoms with van der Waals surface area (Å²) in [6.07, 6.45) is -1.64. The highest BCUT2D eigenvalue weighted by molar-refractivity contribution is 5.85. The maximum Gasteiger partial charge on any atom is 0.341 e. The van der Waals surface area contributed by atoms with Gasteiger partial charge < -0.3 is 33.9 Å². The SMILES string of the molecule is CC1OC1(C)C(=O)OC1C2OC(=O)C3(C)C1CC14C2=COC(OC(=O)CC(C)(C)O)C1CC(O)C34. The first-order valence-electron chi connectivity index (χ1n) is 12.3. The van der Waals surface area contributed by atoms with Gasteiger partial charge in [-0.2, -0.15) is 0 Å². The summed E-state index contributed by atoms with van der Waals surface area (Å²) in [4.78, 5) is 38.8. The van der Waals surface area contributed by atoms with Crippen molar-refractivity contribution >= 4 is 17.9 Å². The minimum absolute atomic E-state index is 0.211. The van der Waals surface area contributed by atoms with E-state index in [9.17, 15) is 24.6 Å². The lowest BCUT2D eigenvalue weighted by Crippen LogP contribution is -2.59. The van der Waals surface area contributed by atoms with Crippen LogP contribution in [0.1, 0.15) is 53.9 Å². The van der Waals surface area contributed by atoms with Crippen LogP contribution in [0.3, 0.4) is 0 Å². The molecule has 0 aromatic rings. The van der Waals surface area contributed by atoms with E-state index in [4.69, 9.17) is 23.7 Å². The molecule has 10 nitrogen and oxygen atoms in total. The van der Waals surface area contributed by atoms with Crippen LogP contribution in [-0.2, 0) is 38.1 Å². The summed E-state index contributed by atoms with van der Waals surface area (Å²) >= 11 is 0. The van der Waals surface area contributed by atoms with Crippen LogP contribution < -0.4 is 0 Å². The van der Waals surface area contributed by atoms with Crippen molar-refractivity contribution in [2.75, 3.05) is 0 Å². The number of ether oxygens (including phenoxy) is 5.